The summed E-state index contributed by atoms with van der Waals surface area (Å²) in [5.74, 6) is 0.117. The van der Waals surface area contributed by atoms with Crippen molar-refractivity contribution in [1.82, 2.24) is 0 Å². The molecule has 3 aliphatic rings. The zero-order chi connectivity index (χ0) is 19.5. The zero-order valence-electron chi connectivity index (χ0n) is 17.9. The Balaban J connectivity index is 1.83. The van der Waals surface area contributed by atoms with Gasteiger partial charge in [-0.15, -0.1) is 0 Å². The van der Waals surface area contributed by atoms with Crippen molar-refractivity contribution in [2.24, 2.45) is 16.2 Å². The molecule has 0 amide bonds. The van der Waals surface area contributed by atoms with Gasteiger partial charge in [-0.1, -0.05) is 71.6 Å². The second-order valence-electron chi connectivity index (χ2n) is 10.6. The summed E-state index contributed by atoms with van der Waals surface area (Å²) in [7, 11) is 0. The lowest BCUT2D eigenvalue weighted by atomic mass is 9.63. The Hall–Kier alpha value is -0.860. The summed E-state index contributed by atoms with van der Waals surface area (Å²) in [4.78, 5) is 27.0. The standard InChI is InChI=1S/C24H40O3/c1-22(13-7-4-8-14-22)19(25)20(23(2)15-9-5-10-16-23)27-21(26)24(3)17-11-6-12-18-24/h20H,4-18H2,1-3H3. The normalized spacial score (nSPS) is 28.1. The minimum absolute atomic E-state index is 0.105. The molecule has 0 aromatic carbocycles. The Morgan fingerprint density at radius 3 is 1.52 bits per heavy atom. The van der Waals surface area contributed by atoms with Gasteiger partial charge in [0.05, 0.1) is 5.41 Å². The van der Waals surface area contributed by atoms with Gasteiger partial charge in [0.25, 0.3) is 0 Å². The Kier molecular flexibility index (Phi) is 6.37. The van der Waals surface area contributed by atoms with Crippen molar-refractivity contribution in [3.8, 4) is 0 Å². The maximum atomic E-state index is 13.8. The first-order valence-corrected chi connectivity index (χ1v) is 11.5. The van der Waals surface area contributed by atoms with E-state index in [2.05, 4.69) is 20.8 Å². The number of ether oxygens (including phenoxy) is 1. The highest BCUT2D eigenvalue weighted by molar-refractivity contribution is 5.91. The van der Waals surface area contributed by atoms with Gasteiger partial charge in [0, 0.05) is 10.8 Å². The van der Waals surface area contributed by atoms with Crippen LogP contribution in [0.25, 0.3) is 0 Å². The van der Waals surface area contributed by atoms with Crippen LogP contribution in [0.3, 0.4) is 0 Å². The van der Waals surface area contributed by atoms with E-state index in [1.54, 1.807) is 0 Å². The summed E-state index contributed by atoms with van der Waals surface area (Å²) in [6.07, 6.45) is 15.6. The van der Waals surface area contributed by atoms with E-state index >= 15 is 0 Å². The number of Topliss-reactive ketones (excluding diaryl/α,β-unsaturated/α-hetero) is 1. The van der Waals surface area contributed by atoms with E-state index in [9.17, 15) is 9.59 Å². The van der Waals surface area contributed by atoms with Crippen LogP contribution in [0.4, 0.5) is 0 Å². The summed E-state index contributed by atoms with van der Waals surface area (Å²) < 4.78 is 6.23. The number of carbonyl (C=O) groups is 2. The number of carbonyl (C=O) groups excluding carboxylic acids is 2. The van der Waals surface area contributed by atoms with Crippen molar-refractivity contribution >= 4 is 11.8 Å². The van der Waals surface area contributed by atoms with E-state index in [-0.39, 0.29) is 22.6 Å². The Labute approximate surface area is 166 Å². The van der Waals surface area contributed by atoms with E-state index in [0.29, 0.717) is 0 Å². The molecule has 27 heavy (non-hydrogen) atoms. The molecule has 3 aliphatic carbocycles. The summed E-state index contributed by atoms with van der Waals surface area (Å²) in [5.41, 5.74) is -0.886. The molecule has 0 aliphatic heterocycles. The predicted octanol–water partition coefficient (Wildman–Crippen LogP) is 6.38. The van der Waals surface area contributed by atoms with E-state index in [0.717, 1.165) is 77.0 Å². The smallest absolute Gasteiger partial charge is 0.312 e. The highest BCUT2D eigenvalue weighted by Crippen LogP contribution is 2.47. The minimum Gasteiger partial charge on any atom is -0.453 e. The van der Waals surface area contributed by atoms with Crippen LogP contribution < -0.4 is 0 Å². The Morgan fingerprint density at radius 1 is 0.630 bits per heavy atom. The molecule has 3 saturated carbocycles. The van der Waals surface area contributed by atoms with E-state index in [1.165, 1.54) is 19.3 Å². The molecule has 0 saturated heterocycles. The van der Waals surface area contributed by atoms with Crippen molar-refractivity contribution < 1.29 is 14.3 Å². The van der Waals surface area contributed by atoms with Gasteiger partial charge in [0.1, 0.15) is 0 Å². The molecule has 0 aromatic heterocycles. The SMILES string of the molecule is CC1(C(=O)OC(C(=O)C2(C)CCCCC2)C2(C)CCCCC2)CCCCC1. The fraction of sp³-hybridized carbons (Fsp3) is 0.917. The van der Waals surface area contributed by atoms with Crippen LogP contribution in [0.1, 0.15) is 117 Å². The monoisotopic (exact) mass is 376 g/mol. The number of rotatable bonds is 5. The van der Waals surface area contributed by atoms with Gasteiger partial charge in [-0.2, -0.15) is 0 Å². The van der Waals surface area contributed by atoms with Gasteiger partial charge in [0.2, 0.25) is 0 Å². The van der Waals surface area contributed by atoms with Crippen LogP contribution in [0.2, 0.25) is 0 Å². The largest absolute Gasteiger partial charge is 0.453 e. The highest BCUT2D eigenvalue weighted by Gasteiger charge is 2.50. The molecule has 3 heteroatoms. The molecule has 0 heterocycles. The van der Waals surface area contributed by atoms with Gasteiger partial charge in [-0.25, -0.2) is 0 Å². The van der Waals surface area contributed by atoms with Crippen LogP contribution in [0, 0.1) is 16.2 Å². The van der Waals surface area contributed by atoms with Crippen LogP contribution in [-0.2, 0) is 14.3 Å². The second-order valence-corrected chi connectivity index (χ2v) is 10.6. The van der Waals surface area contributed by atoms with Gasteiger partial charge in [0.15, 0.2) is 11.9 Å². The molecule has 1 atom stereocenters. The first-order chi connectivity index (χ1) is 12.8. The number of hydrogen-bond acceptors (Lipinski definition) is 3. The third-order valence-electron chi connectivity index (χ3n) is 8.09. The van der Waals surface area contributed by atoms with E-state index < -0.39 is 11.5 Å². The lowest BCUT2D eigenvalue weighted by molar-refractivity contribution is -0.179. The molecule has 3 nitrogen and oxygen atoms in total. The maximum Gasteiger partial charge on any atom is 0.312 e. The summed E-state index contributed by atoms with van der Waals surface area (Å²) in [6.45, 7) is 6.39. The molecular weight excluding hydrogens is 336 g/mol. The van der Waals surface area contributed by atoms with Crippen LogP contribution in [0.15, 0.2) is 0 Å². The third-order valence-corrected chi connectivity index (χ3v) is 8.09. The van der Waals surface area contributed by atoms with Crippen LogP contribution >= 0.6 is 0 Å². The highest BCUT2D eigenvalue weighted by atomic mass is 16.5. The van der Waals surface area contributed by atoms with Crippen LogP contribution in [0.5, 0.6) is 0 Å². The molecule has 0 radical (unpaired) electrons. The zero-order valence-corrected chi connectivity index (χ0v) is 17.9. The van der Waals surface area contributed by atoms with Crippen molar-refractivity contribution in [2.45, 2.75) is 123 Å². The average Bonchev–Trinajstić information content (AvgIpc) is 2.67. The predicted molar refractivity (Wildman–Crippen MR) is 108 cm³/mol. The maximum absolute atomic E-state index is 13.8. The van der Waals surface area contributed by atoms with Gasteiger partial charge in [-0.3, -0.25) is 9.59 Å². The first-order valence-electron chi connectivity index (χ1n) is 11.5. The van der Waals surface area contributed by atoms with Crippen molar-refractivity contribution in [3.05, 3.63) is 0 Å². The Morgan fingerprint density at radius 2 is 1.04 bits per heavy atom. The van der Waals surface area contributed by atoms with Gasteiger partial charge in [-0.05, 0) is 45.4 Å². The quantitative estimate of drug-likeness (QED) is 0.523. The molecule has 1 unspecified atom stereocenters. The fourth-order valence-corrected chi connectivity index (χ4v) is 5.81. The van der Waals surface area contributed by atoms with Gasteiger partial charge >= 0.3 is 5.97 Å². The topological polar surface area (TPSA) is 43.4 Å². The van der Waals surface area contributed by atoms with Gasteiger partial charge < -0.3 is 4.74 Å². The lowest BCUT2D eigenvalue weighted by Crippen LogP contribution is -2.51. The number of ketones is 1. The first kappa shape index (κ1) is 20.9. The van der Waals surface area contributed by atoms with Crippen molar-refractivity contribution in [3.63, 3.8) is 0 Å². The van der Waals surface area contributed by atoms with E-state index in [1.807, 2.05) is 0 Å². The van der Waals surface area contributed by atoms with Crippen LogP contribution in [-0.4, -0.2) is 17.9 Å². The lowest BCUT2D eigenvalue weighted by Gasteiger charge is -2.45. The Bertz CT molecular complexity index is 532. The summed E-state index contributed by atoms with van der Waals surface area (Å²) >= 11 is 0. The molecule has 0 aromatic rings. The fourth-order valence-electron chi connectivity index (χ4n) is 5.81. The average molecular weight is 377 g/mol. The number of esters is 1. The van der Waals surface area contributed by atoms with E-state index in [4.69, 9.17) is 4.74 Å². The molecule has 3 rings (SSSR count). The van der Waals surface area contributed by atoms with Crippen molar-refractivity contribution in [2.75, 3.05) is 0 Å². The molecule has 0 spiro atoms. The van der Waals surface area contributed by atoms with Crippen molar-refractivity contribution in [1.29, 1.82) is 0 Å². The molecule has 3 fully saturated rings. The molecule has 0 bridgehead atoms. The summed E-state index contributed by atoms with van der Waals surface area (Å²) in [5, 5.41) is 0. The molecule has 154 valence electrons. The minimum atomic E-state index is -0.549. The summed E-state index contributed by atoms with van der Waals surface area (Å²) in [6, 6.07) is 0. The second kappa shape index (κ2) is 8.25. The molecule has 0 N–H and O–H groups in total. The molecular formula is C24H40O3. The number of hydrogen-bond donors (Lipinski definition) is 0. The third kappa shape index (κ3) is 4.43.